The average Bonchev–Trinajstić information content (AvgIpc) is 2.80. The summed E-state index contributed by atoms with van der Waals surface area (Å²) in [6, 6.07) is 30.9. The molecule has 4 rings (SSSR count). The Morgan fingerprint density at radius 1 is 0.700 bits per heavy atom. The van der Waals surface area contributed by atoms with Crippen molar-refractivity contribution in [2.45, 2.75) is 0 Å². The number of azo groups is 1. The van der Waals surface area contributed by atoms with Gasteiger partial charge in [0, 0.05) is 17.7 Å². The molecule has 0 radical (unpaired) electrons. The van der Waals surface area contributed by atoms with Crippen LogP contribution in [0.1, 0.15) is 0 Å². The van der Waals surface area contributed by atoms with Gasteiger partial charge >= 0.3 is 0 Å². The quantitative estimate of drug-likeness (QED) is 0.193. The van der Waals surface area contributed by atoms with Crippen LogP contribution in [0.4, 0.5) is 17.1 Å². The molecule has 0 bridgehead atoms. The lowest BCUT2D eigenvalue weighted by Gasteiger charge is -2.12. The van der Waals surface area contributed by atoms with Gasteiger partial charge in [0.1, 0.15) is 11.5 Å². The number of ether oxygens (including phenoxy) is 1. The minimum absolute atomic E-state index is 0.0160. The van der Waals surface area contributed by atoms with E-state index in [9.17, 15) is 10.1 Å². The normalized spacial score (nSPS) is 10.8. The van der Waals surface area contributed by atoms with Gasteiger partial charge in [-0.15, -0.1) is 0 Å². The van der Waals surface area contributed by atoms with Gasteiger partial charge in [-0.3, -0.25) is 10.1 Å². The van der Waals surface area contributed by atoms with Crippen molar-refractivity contribution in [3.63, 3.8) is 0 Å². The second-order valence-corrected chi connectivity index (χ2v) is 6.44. The van der Waals surface area contributed by atoms with Gasteiger partial charge in [0.15, 0.2) is 0 Å². The molecule has 30 heavy (non-hydrogen) atoms. The molecule has 0 heterocycles. The number of nitrogens with zero attached hydrogens (tertiary/aromatic N) is 3. The molecular formula is C24H17N3O3. The third-order valence-electron chi connectivity index (χ3n) is 4.36. The maximum Gasteiger partial charge on any atom is 0.269 e. The number of nitro groups is 1. The van der Waals surface area contributed by atoms with Crippen LogP contribution in [0, 0.1) is 10.1 Å². The van der Waals surface area contributed by atoms with E-state index in [-0.39, 0.29) is 5.69 Å². The first-order chi connectivity index (χ1) is 14.7. The van der Waals surface area contributed by atoms with Crippen molar-refractivity contribution in [1.29, 1.82) is 0 Å². The summed E-state index contributed by atoms with van der Waals surface area (Å²) in [5.41, 5.74) is 3.28. The molecule has 0 atom stereocenters. The second kappa shape index (κ2) is 8.79. The van der Waals surface area contributed by atoms with Gasteiger partial charge in [0.2, 0.25) is 0 Å². The minimum Gasteiger partial charge on any atom is -0.457 e. The Bertz CT molecular complexity index is 1180. The Morgan fingerprint density at radius 2 is 1.33 bits per heavy atom. The molecule has 4 aromatic rings. The van der Waals surface area contributed by atoms with Crippen molar-refractivity contribution in [2.24, 2.45) is 10.2 Å². The van der Waals surface area contributed by atoms with E-state index in [1.807, 2.05) is 78.9 Å². The van der Waals surface area contributed by atoms with Crippen LogP contribution in [-0.4, -0.2) is 4.92 Å². The van der Waals surface area contributed by atoms with Crippen molar-refractivity contribution >= 4 is 17.1 Å². The van der Waals surface area contributed by atoms with Crippen LogP contribution in [-0.2, 0) is 0 Å². The first-order valence-corrected chi connectivity index (χ1v) is 9.27. The van der Waals surface area contributed by atoms with Gasteiger partial charge in [-0.25, -0.2) is 0 Å². The lowest BCUT2D eigenvalue weighted by molar-refractivity contribution is -0.384. The fourth-order valence-corrected chi connectivity index (χ4v) is 2.89. The van der Waals surface area contributed by atoms with Gasteiger partial charge in [0.25, 0.3) is 5.69 Å². The minimum atomic E-state index is -0.439. The number of nitro benzene ring substituents is 1. The summed E-state index contributed by atoms with van der Waals surface area (Å²) in [5, 5.41) is 19.5. The molecule has 0 aromatic heterocycles. The SMILES string of the molecule is O=[N+]([O-])c1ccc(Oc2ccc(N=Nc3ccccc3)cc2-c2ccccc2)cc1. The molecule has 4 aromatic carbocycles. The number of hydrogen-bond donors (Lipinski definition) is 0. The van der Waals surface area contributed by atoms with Crippen molar-refractivity contribution in [3.05, 3.63) is 113 Å². The van der Waals surface area contributed by atoms with Crippen LogP contribution in [0.5, 0.6) is 11.5 Å². The van der Waals surface area contributed by atoms with Crippen LogP contribution in [0.15, 0.2) is 113 Å². The predicted molar refractivity (Wildman–Crippen MR) is 116 cm³/mol. The highest BCUT2D eigenvalue weighted by Crippen LogP contribution is 2.37. The molecule has 0 aliphatic rings. The van der Waals surface area contributed by atoms with Crippen LogP contribution in [0.25, 0.3) is 11.1 Å². The molecule has 0 spiro atoms. The standard InChI is InChI=1S/C24H17N3O3/c28-27(29)21-12-14-22(15-13-21)30-24-16-11-20(26-25-19-9-5-2-6-10-19)17-23(24)18-7-3-1-4-8-18/h1-17H. The van der Waals surface area contributed by atoms with Crippen LogP contribution < -0.4 is 4.74 Å². The molecule has 0 aliphatic heterocycles. The van der Waals surface area contributed by atoms with E-state index in [4.69, 9.17) is 4.74 Å². The van der Waals surface area contributed by atoms with Crippen LogP contribution in [0.2, 0.25) is 0 Å². The molecule has 6 heteroatoms. The third kappa shape index (κ3) is 4.56. The second-order valence-electron chi connectivity index (χ2n) is 6.44. The summed E-state index contributed by atoms with van der Waals surface area (Å²) in [7, 11) is 0. The van der Waals surface area contributed by atoms with E-state index >= 15 is 0 Å². The Kier molecular flexibility index (Phi) is 5.57. The maximum absolute atomic E-state index is 10.9. The van der Waals surface area contributed by atoms with Crippen molar-refractivity contribution in [3.8, 4) is 22.6 Å². The van der Waals surface area contributed by atoms with E-state index in [1.165, 1.54) is 12.1 Å². The van der Waals surface area contributed by atoms with E-state index < -0.39 is 4.92 Å². The maximum atomic E-state index is 10.9. The van der Waals surface area contributed by atoms with Crippen molar-refractivity contribution in [1.82, 2.24) is 0 Å². The summed E-state index contributed by atoms with van der Waals surface area (Å²) < 4.78 is 6.02. The molecule has 0 saturated heterocycles. The third-order valence-corrected chi connectivity index (χ3v) is 4.36. The summed E-state index contributed by atoms with van der Waals surface area (Å²) >= 11 is 0. The highest BCUT2D eigenvalue weighted by Gasteiger charge is 2.11. The molecule has 0 amide bonds. The monoisotopic (exact) mass is 395 g/mol. The number of hydrogen-bond acceptors (Lipinski definition) is 5. The highest BCUT2D eigenvalue weighted by atomic mass is 16.6. The summed E-state index contributed by atoms with van der Waals surface area (Å²) in [6.07, 6.45) is 0. The van der Waals surface area contributed by atoms with Gasteiger partial charge in [-0.2, -0.15) is 10.2 Å². The van der Waals surface area contributed by atoms with Crippen LogP contribution in [0.3, 0.4) is 0 Å². The Labute approximate surface area is 173 Å². The average molecular weight is 395 g/mol. The molecule has 0 fully saturated rings. The molecule has 146 valence electrons. The zero-order valence-corrected chi connectivity index (χ0v) is 15.9. The lowest BCUT2D eigenvalue weighted by atomic mass is 10.0. The Balaban J connectivity index is 1.67. The first-order valence-electron chi connectivity index (χ1n) is 9.27. The lowest BCUT2D eigenvalue weighted by Crippen LogP contribution is -1.90. The summed E-state index contributed by atoms with van der Waals surface area (Å²) in [5.74, 6) is 1.13. The topological polar surface area (TPSA) is 77.1 Å². The first kappa shape index (κ1) is 19.0. The van der Waals surface area contributed by atoms with E-state index in [2.05, 4.69) is 10.2 Å². The van der Waals surface area contributed by atoms with Gasteiger partial charge in [-0.1, -0.05) is 48.5 Å². The van der Waals surface area contributed by atoms with Gasteiger partial charge in [0.05, 0.1) is 16.3 Å². The zero-order valence-electron chi connectivity index (χ0n) is 15.9. The largest absolute Gasteiger partial charge is 0.457 e. The molecule has 0 aliphatic carbocycles. The highest BCUT2D eigenvalue weighted by molar-refractivity contribution is 5.74. The number of benzene rings is 4. The zero-order chi connectivity index (χ0) is 20.8. The summed E-state index contributed by atoms with van der Waals surface area (Å²) in [6.45, 7) is 0. The molecular weight excluding hydrogens is 378 g/mol. The Hall–Kier alpha value is -4.32. The summed E-state index contributed by atoms with van der Waals surface area (Å²) in [4.78, 5) is 10.4. The fraction of sp³-hybridized carbons (Fsp3) is 0. The predicted octanol–water partition coefficient (Wildman–Crippen LogP) is 7.47. The van der Waals surface area contributed by atoms with E-state index in [0.29, 0.717) is 17.2 Å². The molecule has 6 nitrogen and oxygen atoms in total. The fourth-order valence-electron chi connectivity index (χ4n) is 2.89. The van der Waals surface area contributed by atoms with E-state index in [0.717, 1.165) is 16.8 Å². The smallest absolute Gasteiger partial charge is 0.269 e. The number of rotatable bonds is 6. The van der Waals surface area contributed by atoms with Crippen molar-refractivity contribution < 1.29 is 9.66 Å². The Morgan fingerprint density at radius 3 is 2.00 bits per heavy atom. The molecule has 0 unspecified atom stereocenters. The van der Waals surface area contributed by atoms with Crippen molar-refractivity contribution in [2.75, 3.05) is 0 Å². The van der Waals surface area contributed by atoms with Gasteiger partial charge in [-0.05, 0) is 48.0 Å². The van der Waals surface area contributed by atoms with Gasteiger partial charge < -0.3 is 4.74 Å². The molecule has 0 saturated carbocycles. The van der Waals surface area contributed by atoms with E-state index in [1.54, 1.807) is 12.1 Å². The van der Waals surface area contributed by atoms with Crippen LogP contribution >= 0.6 is 0 Å². The molecule has 0 N–H and O–H groups in total. The number of non-ortho nitro benzene ring substituents is 1.